The summed E-state index contributed by atoms with van der Waals surface area (Å²) in [4.78, 5) is 54.3. The number of amides is 3. The minimum atomic E-state index is -4.63. The number of nitrogens with zero attached hydrogens (tertiary/aromatic N) is 2. The van der Waals surface area contributed by atoms with Gasteiger partial charge in [-0.05, 0) is 42.7 Å². The van der Waals surface area contributed by atoms with E-state index in [2.05, 4.69) is 5.32 Å². The molecule has 0 radical (unpaired) electrons. The average molecular weight is 548 g/mol. The lowest BCUT2D eigenvalue weighted by Gasteiger charge is -2.31. The van der Waals surface area contributed by atoms with E-state index in [9.17, 15) is 32.3 Å². The Balaban J connectivity index is 1.49. The Morgan fingerprint density at radius 3 is 2.21 bits per heavy atom. The zero-order valence-electron chi connectivity index (χ0n) is 21.4. The number of rotatable bonds is 8. The molecule has 0 spiro atoms. The quantitative estimate of drug-likeness (QED) is 0.397. The van der Waals surface area contributed by atoms with Crippen LogP contribution in [0, 0.1) is 5.92 Å². The normalized spacial score (nSPS) is 16.4. The lowest BCUT2D eigenvalue weighted by molar-refractivity contribution is -0.151. The van der Waals surface area contributed by atoms with Crippen LogP contribution in [0.1, 0.15) is 46.5 Å². The fourth-order valence-corrected chi connectivity index (χ4v) is 4.56. The molecule has 0 bridgehead atoms. The van der Waals surface area contributed by atoms with Gasteiger partial charge in [-0.25, -0.2) is 4.79 Å². The first-order valence-electron chi connectivity index (χ1n) is 12.4. The van der Waals surface area contributed by atoms with Crippen LogP contribution in [0.4, 0.5) is 24.5 Å². The standard InChI is InChI=1S/C27H28F3N3O6/c1-16(2)13-22(33-24(35)18-5-3-4-6-19(18)25(33)36)26(37)39-15-23(34)31-20-14-17(27(28,29)30)7-8-21(20)32-9-11-38-12-10-32/h3-8,14,16,22H,9-13,15H2,1-2H3,(H,31,34)/t22-/m1/s1. The third-order valence-corrected chi connectivity index (χ3v) is 6.40. The zero-order chi connectivity index (χ0) is 28.3. The molecule has 3 amide bonds. The van der Waals surface area contributed by atoms with Crippen molar-refractivity contribution in [2.45, 2.75) is 32.5 Å². The van der Waals surface area contributed by atoms with Crippen molar-refractivity contribution in [2.24, 2.45) is 5.92 Å². The number of alkyl halides is 3. The molecule has 208 valence electrons. The van der Waals surface area contributed by atoms with Crippen molar-refractivity contribution in [3.05, 3.63) is 59.2 Å². The van der Waals surface area contributed by atoms with E-state index < -0.39 is 48.1 Å². The Labute approximate surface area is 222 Å². The predicted molar refractivity (Wildman–Crippen MR) is 134 cm³/mol. The fraction of sp³-hybridized carbons (Fsp3) is 0.407. The number of hydrogen-bond acceptors (Lipinski definition) is 7. The Bertz CT molecular complexity index is 1240. The third-order valence-electron chi connectivity index (χ3n) is 6.40. The molecule has 0 aliphatic carbocycles. The van der Waals surface area contributed by atoms with Crippen LogP contribution in [-0.2, 0) is 25.2 Å². The van der Waals surface area contributed by atoms with Crippen LogP contribution in [-0.4, -0.2) is 67.5 Å². The first kappa shape index (κ1) is 28.1. The van der Waals surface area contributed by atoms with Gasteiger partial charge in [0.05, 0.1) is 41.3 Å². The van der Waals surface area contributed by atoms with Gasteiger partial charge >= 0.3 is 12.1 Å². The highest BCUT2D eigenvalue weighted by atomic mass is 19.4. The number of morpholine rings is 1. The maximum Gasteiger partial charge on any atom is 0.416 e. The molecule has 2 aliphatic rings. The third kappa shape index (κ3) is 6.22. The van der Waals surface area contributed by atoms with Crippen LogP contribution < -0.4 is 10.2 Å². The molecule has 0 unspecified atom stereocenters. The van der Waals surface area contributed by atoms with Gasteiger partial charge < -0.3 is 19.7 Å². The van der Waals surface area contributed by atoms with Crippen molar-refractivity contribution in [2.75, 3.05) is 43.1 Å². The highest BCUT2D eigenvalue weighted by molar-refractivity contribution is 6.22. The van der Waals surface area contributed by atoms with Crippen LogP contribution in [0.2, 0.25) is 0 Å². The van der Waals surface area contributed by atoms with Gasteiger partial charge in [0.15, 0.2) is 6.61 Å². The Morgan fingerprint density at radius 2 is 1.64 bits per heavy atom. The summed E-state index contributed by atoms with van der Waals surface area (Å²) in [5.41, 5.74) is -0.333. The van der Waals surface area contributed by atoms with Crippen molar-refractivity contribution >= 4 is 35.1 Å². The second-order valence-electron chi connectivity index (χ2n) is 9.66. The van der Waals surface area contributed by atoms with Crippen molar-refractivity contribution in [1.29, 1.82) is 0 Å². The summed E-state index contributed by atoms with van der Waals surface area (Å²) in [7, 11) is 0. The largest absolute Gasteiger partial charge is 0.454 e. The first-order chi connectivity index (χ1) is 18.5. The van der Waals surface area contributed by atoms with E-state index in [1.165, 1.54) is 18.2 Å². The van der Waals surface area contributed by atoms with Crippen molar-refractivity contribution < 1.29 is 41.8 Å². The number of carbonyl (C=O) groups excluding carboxylic acids is 4. The van der Waals surface area contributed by atoms with Crippen LogP contribution >= 0.6 is 0 Å². The molecule has 2 aliphatic heterocycles. The number of nitrogens with one attached hydrogen (secondary N) is 1. The van der Waals surface area contributed by atoms with Gasteiger partial charge in [0.25, 0.3) is 17.7 Å². The van der Waals surface area contributed by atoms with Gasteiger partial charge in [-0.3, -0.25) is 19.3 Å². The minimum Gasteiger partial charge on any atom is -0.454 e. The summed E-state index contributed by atoms with van der Waals surface area (Å²) in [5, 5.41) is 2.41. The van der Waals surface area contributed by atoms with E-state index >= 15 is 0 Å². The van der Waals surface area contributed by atoms with E-state index in [1.54, 1.807) is 30.9 Å². The summed E-state index contributed by atoms with van der Waals surface area (Å²) < 4.78 is 50.6. The molecule has 1 atom stereocenters. The second-order valence-corrected chi connectivity index (χ2v) is 9.66. The van der Waals surface area contributed by atoms with Crippen LogP contribution in [0.15, 0.2) is 42.5 Å². The molecular formula is C27H28F3N3O6. The molecule has 0 saturated carbocycles. The molecule has 1 fully saturated rings. The number of carbonyl (C=O) groups is 4. The Hall–Kier alpha value is -3.93. The van der Waals surface area contributed by atoms with E-state index in [4.69, 9.17) is 9.47 Å². The number of imide groups is 1. The summed E-state index contributed by atoms with van der Waals surface area (Å²) in [5.74, 6) is -3.22. The van der Waals surface area contributed by atoms with Gasteiger partial charge in [-0.15, -0.1) is 0 Å². The van der Waals surface area contributed by atoms with E-state index in [0.717, 1.165) is 17.0 Å². The average Bonchev–Trinajstić information content (AvgIpc) is 3.15. The summed E-state index contributed by atoms with van der Waals surface area (Å²) in [6.45, 7) is 4.36. The second kappa shape index (κ2) is 11.4. The molecule has 1 N–H and O–H groups in total. The van der Waals surface area contributed by atoms with Gasteiger partial charge in [0.2, 0.25) is 0 Å². The van der Waals surface area contributed by atoms with Gasteiger partial charge in [0.1, 0.15) is 6.04 Å². The van der Waals surface area contributed by atoms with Crippen LogP contribution in [0.25, 0.3) is 0 Å². The molecule has 2 aromatic rings. The first-order valence-corrected chi connectivity index (χ1v) is 12.4. The number of hydrogen-bond donors (Lipinski definition) is 1. The van der Waals surface area contributed by atoms with Crippen molar-refractivity contribution in [3.63, 3.8) is 0 Å². The lowest BCUT2D eigenvalue weighted by atomic mass is 10.0. The highest BCUT2D eigenvalue weighted by Crippen LogP contribution is 2.36. The molecular weight excluding hydrogens is 519 g/mol. The summed E-state index contributed by atoms with van der Waals surface area (Å²) in [6, 6.07) is 7.94. The predicted octanol–water partition coefficient (Wildman–Crippen LogP) is 3.73. The number of halogens is 3. The fourth-order valence-electron chi connectivity index (χ4n) is 4.56. The molecule has 2 aromatic carbocycles. The highest BCUT2D eigenvalue weighted by Gasteiger charge is 2.43. The topological polar surface area (TPSA) is 105 Å². The molecule has 9 nitrogen and oxygen atoms in total. The lowest BCUT2D eigenvalue weighted by Crippen LogP contribution is -2.46. The molecule has 1 saturated heterocycles. The van der Waals surface area contributed by atoms with E-state index in [1.807, 2.05) is 0 Å². The molecule has 2 heterocycles. The van der Waals surface area contributed by atoms with Gasteiger partial charge in [-0.2, -0.15) is 13.2 Å². The Morgan fingerprint density at radius 1 is 1.03 bits per heavy atom. The molecule has 4 rings (SSSR count). The van der Waals surface area contributed by atoms with E-state index in [0.29, 0.717) is 32.0 Å². The smallest absolute Gasteiger partial charge is 0.416 e. The van der Waals surface area contributed by atoms with Crippen LogP contribution in [0.5, 0.6) is 0 Å². The van der Waals surface area contributed by atoms with Gasteiger partial charge in [0, 0.05) is 13.1 Å². The number of anilines is 2. The molecule has 39 heavy (non-hydrogen) atoms. The van der Waals surface area contributed by atoms with Crippen molar-refractivity contribution in [3.8, 4) is 0 Å². The Kier molecular flexibility index (Phi) is 8.24. The number of ether oxygens (including phenoxy) is 2. The maximum absolute atomic E-state index is 13.4. The number of benzene rings is 2. The molecule has 12 heteroatoms. The van der Waals surface area contributed by atoms with E-state index in [-0.39, 0.29) is 29.2 Å². The summed E-state index contributed by atoms with van der Waals surface area (Å²) in [6.07, 6.45) is -4.54. The minimum absolute atomic E-state index is 0.0909. The zero-order valence-corrected chi connectivity index (χ0v) is 21.4. The SMILES string of the molecule is CC(C)C[C@H](C(=O)OCC(=O)Nc1cc(C(F)(F)F)ccc1N1CCOCC1)N1C(=O)c2ccccc2C1=O. The van der Waals surface area contributed by atoms with Gasteiger partial charge in [-0.1, -0.05) is 26.0 Å². The molecule has 0 aromatic heterocycles. The number of esters is 1. The monoisotopic (exact) mass is 547 g/mol. The van der Waals surface area contributed by atoms with Crippen molar-refractivity contribution in [1.82, 2.24) is 4.90 Å². The maximum atomic E-state index is 13.4. The number of fused-ring (bicyclic) bond motifs is 1. The van der Waals surface area contributed by atoms with Crippen LogP contribution in [0.3, 0.4) is 0 Å². The summed E-state index contributed by atoms with van der Waals surface area (Å²) >= 11 is 0.